The number of hydrogen-bond acceptors (Lipinski definition) is 3. The second-order valence-electron chi connectivity index (χ2n) is 2.65. The van der Waals surface area contributed by atoms with Crippen LogP contribution in [0.15, 0.2) is 0 Å². The third kappa shape index (κ3) is 1.93. The molecule has 1 aliphatic rings. The van der Waals surface area contributed by atoms with Crippen molar-refractivity contribution >= 4 is 0 Å². The highest BCUT2D eigenvalue weighted by atomic mass is 15.2. The SMILES string of the molecule is CN1CCN[C@H](CN)C1. The van der Waals surface area contributed by atoms with Crippen LogP contribution in [-0.2, 0) is 0 Å². The first-order valence-electron chi connectivity index (χ1n) is 3.45. The van der Waals surface area contributed by atoms with Crippen LogP contribution in [0.2, 0.25) is 0 Å². The summed E-state index contributed by atoms with van der Waals surface area (Å²) >= 11 is 0. The summed E-state index contributed by atoms with van der Waals surface area (Å²) in [5.41, 5.74) is 5.48. The highest BCUT2D eigenvalue weighted by Crippen LogP contribution is 1.92. The van der Waals surface area contributed by atoms with Gasteiger partial charge in [-0.25, -0.2) is 0 Å². The fourth-order valence-corrected chi connectivity index (χ4v) is 1.15. The van der Waals surface area contributed by atoms with Gasteiger partial charge < -0.3 is 16.0 Å². The molecule has 0 spiro atoms. The van der Waals surface area contributed by atoms with Gasteiger partial charge in [-0.05, 0) is 7.05 Å². The van der Waals surface area contributed by atoms with Gasteiger partial charge in [0.15, 0.2) is 0 Å². The second-order valence-corrected chi connectivity index (χ2v) is 2.65. The molecule has 3 heteroatoms. The van der Waals surface area contributed by atoms with Crippen molar-refractivity contribution in [1.82, 2.24) is 10.2 Å². The highest BCUT2D eigenvalue weighted by molar-refractivity contribution is 4.76. The molecule has 0 bridgehead atoms. The fourth-order valence-electron chi connectivity index (χ4n) is 1.15. The van der Waals surface area contributed by atoms with Crippen molar-refractivity contribution in [3.63, 3.8) is 0 Å². The number of nitrogens with zero attached hydrogens (tertiary/aromatic N) is 1. The standard InChI is InChI=1S/C6H15N3/c1-9-3-2-8-6(4-7)5-9/h6,8H,2-5,7H2,1H3/t6-/m1/s1. The maximum atomic E-state index is 5.48. The molecule has 0 saturated carbocycles. The molecule has 3 nitrogen and oxygen atoms in total. The molecule has 0 aromatic rings. The van der Waals surface area contributed by atoms with Crippen LogP contribution in [0.1, 0.15) is 0 Å². The Bertz CT molecular complexity index is 84.4. The van der Waals surface area contributed by atoms with Crippen molar-refractivity contribution in [2.24, 2.45) is 5.73 Å². The molecule has 1 fully saturated rings. The van der Waals surface area contributed by atoms with Gasteiger partial charge in [-0.3, -0.25) is 0 Å². The maximum absolute atomic E-state index is 5.48. The van der Waals surface area contributed by atoms with Gasteiger partial charge in [0.2, 0.25) is 0 Å². The first kappa shape index (κ1) is 6.99. The molecule has 0 aromatic heterocycles. The van der Waals surface area contributed by atoms with E-state index >= 15 is 0 Å². The van der Waals surface area contributed by atoms with E-state index in [1.807, 2.05) is 0 Å². The topological polar surface area (TPSA) is 41.3 Å². The zero-order chi connectivity index (χ0) is 6.69. The van der Waals surface area contributed by atoms with Crippen molar-refractivity contribution in [3.05, 3.63) is 0 Å². The van der Waals surface area contributed by atoms with Crippen LogP contribution >= 0.6 is 0 Å². The number of nitrogens with one attached hydrogen (secondary N) is 1. The average Bonchev–Trinajstić information content (AvgIpc) is 1.88. The van der Waals surface area contributed by atoms with Crippen LogP contribution in [0.4, 0.5) is 0 Å². The van der Waals surface area contributed by atoms with Gasteiger partial charge in [0, 0.05) is 32.2 Å². The van der Waals surface area contributed by atoms with Gasteiger partial charge in [-0.2, -0.15) is 0 Å². The molecule has 1 saturated heterocycles. The van der Waals surface area contributed by atoms with Gasteiger partial charge in [0.25, 0.3) is 0 Å². The van der Waals surface area contributed by atoms with Gasteiger partial charge >= 0.3 is 0 Å². The lowest BCUT2D eigenvalue weighted by Gasteiger charge is -2.29. The summed E-state index contributed by atoms with van der Waals surface area (Å²) in [6, 6.07) is 0.517. The predicted octanol–water partition coefficient (Wildman–Crippen LogP) is -1.15. The Hall–Kier alpha value is -0.120. The zero-order valence-electron chi connectivity index (χ0n) is 5.93. The summed E-state index contributed by atoms with van der Waals surface area (Å²) in [4.78, 5) is 2.30. The van der Waals surface area contributed by atoms with Gasteiger partial charge in [0.05, 0.1) is 0 Å². The molecule has 0 unspecified atom stereocenters. The smallest absolute Gasteiger partial charge is 0.0318 e. The van der Waals surface area contributed by atoms with E-state index in [9.17, 15) is 0 Å². The lowest BCUT2D eigenvalue weighted by molar-refractivity contribution is 0.242. The quantitative estimate of drug-likeness (QED) is 0.469. The first-order chi connectivity index (χ1) is 4.33. The van der Waals surface area contributed by atoms with Crippen molar-refractivity contribution in [2.75, 3.05) is 33.2 Å². The summed E-state index contributed by atoms with van der Waals surface area (Å²) in [5, 5.41) is 3.33. The molecule has 0 aliphatic carbocycles. The largest absolute Gasteiger partial charge is 0.329 e. The minimum atomic E-state index is 0.517. The minimum Gasteiger partial charge on any atom is -0.329 e. The summed E-state index contributed by atoms with van der Waals surface area (Å²) in [6.45, 7) is 4.08. The molecule has 54 valence electrons. The van der Waals surface area contributed by atoms with Gasteiger partial charge in [0.1, 0.15) is 0 Å². The first-order valence-corrected chi connectivity index (χ1v) is 3.45. The van der Waals surface area contributed by atoms with E-state index in [1.54, 1.807) is 0 Å². The van der Waals surface area contributed by atoms with Gasteiger partial charge in [-0.15, -0.1) is 0 Å². The number of likely N-dealkylation sites (N-methyl/N-ethyl adjacent to an activating group) is 1. The van der Waals surface area contributed by atoms with Crippen molar-refractivity contribution in [3.8, 4) is 0 Å². The summed E-state index contributed by atoms with van der Waals surface area (Å²) < 4.78 is 0. The maximum Gasteiger partial charge on any atom is 0.0318 e. The van der Waals surface area contributed by atoms with E-state index < -0.39 is 0 Å². The van der Waals surface area contributed by atoms with Crippen LogP contribution in [-0.4, -0.2) is 44.2 Å². The monoisotopic (exact) mass is 129 g/mol. The molecule has 0 radical (unpaired) electrons. The lowest BCUT2D eigenvalue weighted by Crippen LogP contribution is -2.52. The molecule has 0 amide bonds. The third-order valence-corrected chi connectivity index (χ3v) is 1.74. The van der Waals surface area contributed by atoms with E-state index in [-0.39, 0.29) is 0 Å². The number of nitrogens with two attached hydrogens (primary N) is 1. The van der Waals surface area contributed by atoms with Gasteiger partial charge in [-0.1, -0.05) is 0 Å². The molecule has 1 heterocycles. The Kier molecular flexibility index (Phi) is 2.45. The lowest BCUT2D eigenvalue weighted by atomic mass is 10.2. The van der Waals surface area contributed by atoms with Crippen molar-refractivity contribution in [1.29, 1.82) is 0 Å². The van der Waals surface area contributed by atoms with Crippen LogP contribution in [0.25, 0.3) is 0 Å². The molecule has 9 heavy (non-hydrogen) atoms. The summed E-state index contributed by atoms with van der Waals surface area (Å²) in [5.74, 6) is 0. The highest BCUT2D eigenvalue weighted by Gasteiger charge is 2.13. The zero-order valence-corrected chi connectivity index (χ0v) is 5.93. The number of hydrogen-bond donors (Lipinski definition) is 2. The second kappa shape index (κ2) is 3.15. The van der Waals surface area contributed by atoms with Crippen LogP contribution in [0, 0.1) is 0 Å². The molecule has 0 aromatic carbocycles. The molecule has 1 atom stereocenters. The molecule has 1 aliphatic heterocycles. The van der Waals surface area contributed by atoms with E-state index in [2.05, 4.69) is 17.3 Å². The molecular weight excluding hydrogens is 114 g/mol. The number of rotatable bonds is 1. The fraction of sp³-hybridized carbons (Fsp3) is 1.00. The van der Waals surface area contributed by atoms with E-state index in [0.717, 1.165) is 26.2 Å². The number of piperazine rings is 1. The van der Waals surface area contributed by atoms with E-state index in [4.69, 9.17) is 5.73 Å². The van der Waals surface area contributed by atoms with E-state index in [1.165, 1.54) is 0 Å². The summed E-state index contributed by atoms with van der Waals surface area (Å²) in [6.07, 6.45) is 0. The Morgan fingerprint density at radius 1 is 1.78 bits per heavy atom. The van der Waals surface area contributed by atoms with E-state index in [0.29, 0.717) is 6.04 Å². The molecular formula is C6H15N3. The Balaban J connectivity index is 2.23. The van der Waals surface area contributed by atoms with Crippen LogP contribution in [0.3, 0.4) is 0 Å². The Morgan fingerprint density at radius 3 is 3.00 bits per heavy atom. The van der Waals surface area contributed by atoms with Crippen molar-refractivity contribution < 1.29 is 0 Å². The normalized spacial score (nSPS) is 30.7. The van der Waals surface area contributed by atoms with Crippen LogP contribution in [0.5, 0.6) is 0 Å². The van der Waals surface area contributed by atoms with Crippen molar-refractivity contribution in [2.45, 2.75) is 6.04 Å². The van der Waals surface area contributed by atoms with Crippen LogP contribution < -0.4 is 11.1 Å². The molecule has 1 rings (SSSR count). The summed E-state index contributed by atoms with van der Waals surface area (Å²) in [7, 11) is 2.13. The predicted molar refractivity (Wildman–Crippen MR) is 38.3 cm³/mol. The third-order valence-electron chi connectivity index (χ3n) is 1.74. The average molecular weight is 129 g/mol. The Labute approximate surface area is 56.2 Å². The Morgan fingerprint density at radius 2 is 2.56 bits per heavy atom. The minimum absolute atomic E-state index is 0.517. The molecule has 3 N–H and O–H groups in total.